The monoisotopic (exact) mass is 474 g/mol. The molecule has 1 aromatic heterocycles. The number of amides is 1. The van der Waals surface area contributed by atoms with Gasteiger partial charge in [-0.15, -0.1) is 0 Å². The number of hydrogen-bond acceptors (Lipinski definition) is 5. The first-order valence-corrected chi connectivity index (χ1v) is 12.1. The minimum absolute atomic E-state index is 0.131. The fourth-order valence-corrected chi connectivity index (χ4v) is 4.93. The van der Waals surface area contributed by atoms with Crippen molar-refractivity contribution in [3.05, 3.63) is 34.6 Å². The molecule has 0 bridgehead atoms. The highest BCUT2D eigenvalue weighted by atomic mass is 79.9. The molecule has 1 aliphatic heterocycles. The molecule has 1 saturated heterocycles. The zero-order chi connectivity index (χ0) is 20.8. The van der Waals surface area contributed by atoms with Crippen LogP contribution < -0.4 is 5.32 Å². The second kappa shape index (κ2) is 10.5. The van der Waals surface area contributed by atoms with Crippen molar-refractivity contribution in [1.29, 1.82) is 0 Å². The third-order valence-electron chi connectivity index (χ3n) is 6.32. The molecule has 2 fully saturated rings. The van der Waals surface area contributed by atoms with Gasteiger partial charge in [-0.3, -0.25) is 9.69 Å². The molecule has 0 unspecified atom stereocenters. The van der Waals surface area contributed by atoms with E-state index in [2.05, 4.69) is 36.3 Å². The van der Waals surface area contributed by atoms with E-state index in [-0.39, 0.29) is 11.8 Å². The smallest absolute Gasteiger partial charge is 0.241 e. The summed E-state index contributed by atoms with van der Waals surface area (Å²) >= 11 is 3.47. The Morgan fingerprint density at radius 3 is 2.57 bits per heavy atom. The highest BCUT2D eigenvalue weighted by Gasteiger charge is 2.27. The fourth-order valence-electron chi connectivity index (χ4n) is 4.53. The lowest BCUT2D eigenvalue weighted by molar-refractivity contribution is -0.127. The Kier molecular flexibility index (Phi) is 7.55. The summed E-state index contributed by atoms with van der Waals surface area (Å²) in [5.74, 6) is 1.63. The highest BCUT2D eigenvalue weighted by Crippen LogP contribution is 2.23. The number of benzene rings is 1. The van der Waals surface area contributed by atoms with Gasteiger partial charge in [-0.05, 0) is 50.9 Å². The number of nitrogens with one attached hydrogen (secondary N) is 1. The lowest BCUT2D eigenvalue weighted by Crippen LogP contribution is -2.43. The number of carbonyl (C=O) groups is 1. The van der Waals surface area contributed by atoms with Gasteiger partial charge in [0.1, 0.15) is 0 Å². The van der Waals surface area contributed by atoms with E-state index >= 15 is 0 Å². The van der Waals surface area contributed by atoms with Crippen LogP contribution in [0, 0.1) is 5.92 Å². The van der Waals surface area contributed by atoms with Gasteiger partial charge in [0.25, 0.3) is 0 Å². The van der Waals surface area contributed by atoms with Crippen LogP contribution in [0.2, 0.25) is 0 Å². The molecule has 30 heavy (non-hydrogen) atoms. The Morgan fingerprint density at radius 2 is 1.83 bits per heavy atom. The van der Waals surface area contributed by atoms with Gasteiger partial charge in [-0.2, -0.15) is 4.98 Å². The molecule has 162 valence electrons. The Morgan fingerprint density at radius 1 is 1.10 bits per heavy atom. The van der Waals surface area contributed by atoms with Crippen LogP contribution in [0.3, 0.4) is 0 Å². The Balaban J connectivity index is 1.24. The number of aromatic nitrogens is 2. The molecular weight excluding hydrogens is 444 g/mol. The van der Waals surface area contributed by atoms with Gasteiger partial charge in [0.15, 0.2) is 0 Å². The number of piperidine rings is 1. The van der Waals surface area contributed by atoms with Crippen molar-refractivity contribution in [3.8, 4) is 11.4 Å². The second-order valence-corrected chi connectivity index (χ2v) is 9.54. The number of likely N-dealkylation sites (tertiary alicyclic amines) is 1. The van der Waals surface area contributed by atoms with E-state index in [9.17, 15) is 4.79 Å². The third kappa shape index (κ3) is 5.91. The molecule has 2 aromatic rings. The summed E-state index contributed by atoms with van der Waals surface area (Å²) in [7, 11) is 0. The van der Waals surface area contributed by atoms with Gasteiger partial charge < -0.3 is 9.84 Å². The maximum absolute atomic E-state index is 12.7. The predicted molar refractivity (Wildman–Crippen MR) is 120 cm³/mol. The van der Waals surface area contributed by atoms with Crippen LogP contribution in [0.15, 0.2) is 33.3 Å². The molecule has 1 aliphatic carbocycles. The van der Waals surface area contributed by atoms with Crippen molar-refractivity contribution in [2.45, 2.75) is 70.4 Å². The van der Waals surface area contributed by atoms with E-state index in [1.165, 1.54) is 32.1 Å². The molecule has 1 saturated carbocycles. The summed E-state index contributed by atoms with van der Waals surface area (Å²) in [5.41, 5.74) is 0.934. The fraction of sp³-hybridized carbons (Fsp3) is 0.609. The van der Waals surface area contributed by atoms with Crippen LogP contribution in [-0.4, -0.2) is 40.1 Å². The van der Waals surface area contributed by atoms with Crippen LogP contribution >= 0.6 is 15.9 Å². The zero-order valence-corrected chi connectivity index (χ0v) is 19.1. The molecule has 0 atom stereocenters. The molecule has 2 heterocycles. The molecule has 0 spiro atoms. The molecule has 4 rings (SSSR count). The van der Waals surface area contributed by atoms with Gasteiger partial charge in [-0.25, -0.2) is 0 Å². The van der Waals surface area contributed by atoms with Crippen molar-refractivity contribution >= 4 is 21.8 Å². The number of rotatable bonds is 5. The summed E-state index contributed by atoms with van der Waals surface area (Å²) in [6, 6.07) is 8.27. The van der Waals surface area contributed by atoms with E-state index < -0.39 is 0 Å². The Labute approximate surface area is 186 Å². The average Bonchev–Trinajstić information content (AvgIpc) is 3.19. The normalized spacial score (nSPS) is 19.9. The highest BCUT2D eigenvalue weighted by molar-refractivity contribution is 9.10. The van der Waals surface area contributed by atoms with Crippen molar-refractivity contribution in [3.63, 3.8) is 0 Å². The van der Waals surface area contributed by atoms with Gasteiger partial charge >= 0.3 is 0 Å². The van der Waals surface area contributed by atoms with E-state index in [1.54, 1.807) is 0 Å². The number of hydrogen-bond donors (Lipinski definition) is 1. The minimum Gasteiger partial charge on any atom is -0.353 e. The molecule has 1 N–H and O–H groups in total. The molecule has 0 radical (unpaired) electrons. The number of carbonyl (C=O) groups excluding carboxylic acids is 1. The summed E-state index contributed by atoms with van der Waals surface area (Å²) in [4.78, 5) is 19.6. The van der Waals surface area contributed by atoms with Crippen molar-refractivity contribution in [2.75, 3.05) is 13.1 Å². The predicted octanol–water partition coefficient (Wildman–Crippen LogP) is 4.94. The first-order chi connectivity index (χ1) is 14.7. The van der Waals surface area contributed by atoms with Gasteiger partial charge in [0.05, 0.1) is 6.54 Å². The van der Waals surface area contributed by atoms with Crippen LogP contribution in [0.25, 0.3) is 11.4 Å². The van der Waals surface area contributed by atoms with E-state index in [0.717, 1.165) is 48.8 Å². The van der Waals surface area contributed by atoms with Gasteiger partial charge in [-0.1, -0.05) is 65.3 Å². The van der Waals surface area contributed by atoms with Crippen molar-refractivity contribution in [1.82, 2.24) is 20.4 Å². The third-order valence-corrected chi connectivity index (χ3v) is 6.81. The number of halogens is 1. The standard InChI is InChI=1S/C23H31BrN4O2/c24-19-8-6-7-18(15-19)22-26-21(30-27-22)16-28-13-11-17(12-14-28)23(29)25-20-9-4-2-1-3-5-10-20/h6-8,15,17,20H,1-5,9-14,16H2,(H,25,29). The van der Waals surface area contributed by atoms with Crippen molar-refractivity contribution < 1.29 is 9.32 Å². The maximum Gasteiger partial charge on any atom is 0.241 e. The quantitative estimate of drug-likeness (QED) is 0.664. The van der Waals surface area contributed by atoms with Crippen LogP contribution in [0.4, 0.5) is 0 Å². The molecule has 1 aromatic carbocycles. The summed E-state index contributed by atoms with van der Waals surface area (Å²) in [6.45, 7) is 2.41. The molecular formula is C23H31BrN4O2. The van der Waals surface area contributed by atoms with E-state index in [4.69, 9.17) is 4.52 Å². The lowest BCUT2D eigenvalue weighted by atomic mass is 9.93. The molecule has 7 heteroatoms. The Bertz CT molecular complexity index is 824. The first-order valence-electron chi connectivity index (χ1n) is 11.3. The van der Waals surface area contributed by atoms with E-state index in [1.807, 2.05) is 24.3 Å². The lowest BCUT2D eigenvalue weighted by Gasteiger charge is -2.31. The average molecular weight is 475 g/mol. The van der Waals surface area contributed by atoms with Gasteiger partial charge in [0, 0.05) is 22.0 Å². The van der Waals surface area contributed by atoms with Crippen LogP contribution in [-0.2, 0) is 11.3 Å². The summed E-state index contributed by atoms with van der Waals surface area (Å²) < 4.78 is 6.45. The maximum atomic E-state index is 12.7. The zero-order valence-electron chi connectivity index (χ0n) is 17.5. The molecule has 2 aliphatic rings. The first kappa shape index (κ1) is 21.5. The summed E-state index contributed by atoms with van der Waals surface area (Å²) in [6.07, 6.45) is 10.5. The Hall–Kier alpha value is -1.73. The summed E-state index contributed by atoms with van der Waals surface area (Å²) in [5, 5.41) is 7.46. The second-order valence-electron chi connectivity index (χ2n) is 8.62. The topological polar surface area (TPSA) is 71.3 Å². The SMILES string of the molecule is O=C(NC1CCCCCCC1)C1CCN(Cc2nc(-c3cccc(Br)c3)no2)CC1. The largest absolute Gasteiger partial charge is 0.353 e. The van der Waals surface area contributed by atoms with Gasteiger partial charge in [0.2, 0.25) is 17.6 Å². The number of nitrogens with zero attached hydrogens (tertiary/aromatic N) is 3. The minimum atomic E-state index is 0.131. The van der Waals surface area contributed by atoms with E-state index in [0.29, 0.717) is 24.3 Å². The molecule has 6 nitrogen and oxygen atoms in total. The molecule has 1 amide bonds. The van der Waals surface area contributed by atoms with Crippen LogP contribution in [0.1, 0.15) is 63.7 Å². The van der Waals surface area contributed by atoms with Crippen molar-refractivity contribution in [2.24, 2.45) is 5.92 Å². The van der Waals surface area contributed by atoms with Crippen LogP contribution in [0.5, 0.6) is 0 Å².